The number of hydrogen-bond acceptors (Lipinski definition) is 3. The zero-order valence-electron chi connectivity index (χ0n) is 11.0. The van der Waals surface area contributed by atoms with Gasteiger partial charge in [0.2, 0.25) is 0 Å². The first-order valence-corrected chi connectivity index (χ1v) is 5.91. The average Bonchev–Trinajstić information content (AvgIpc) is 2.19. The third-order valence-electron chi connectivity index (χ3n) is 3.10. The Balaban J connectivity index is 2.58. The monoisotopic (exact) mass is 247 g/mol. The third-order valence-corrected chi connectivity index (χ3v) is 3.10. The zero-order valence-corrected chi connectivity index (χ0v) is 11.0. The summed E-state index contributed by atoms with van der Waals surface area (Å²) in [5.74, 6) is 0. The first kappa shape index (κ1) is 14.2. The van der Waals surface area contributed by atoms with Crippen molar-refractivity contribution >= 4 is 6.09 Å². The SMILES string of the molecule is CC(C)(C)OC(=O)N1CC[C@](C)(CO)[C@@H](F)C1. The van der Waals surface area contributed by atoms with Crippen molar-refractivity contribution in [3.05, 3.63) is 0 Å². The minimum absolute atomic E-state index is 0.00796. The lowest BCUT2D eigenvalue weighted by Gasteiger charge is -2.41. The molecule has 1 N–H and O–H groups in total. The summed E-state index contributed by atoms with van der Waals surface area (Å²) in [6, 6.07) is 0. The van der Waals surface area contributed by atoms with Gasteiger partial charge in [0.25, 0.3) is 0 Å². The van der Waals surface area contributed by atoms with Gasteiger partial charge in [-0.05, 0) is 27.2 Å². The standard InChI is InChI=1S/C12H22FNO3/c1-11(2,3)17-10(16)14-6-5-12(4,8-15)9(13)7-14/h9,15H,5-8H2,1-4H3/t9-,12+/m0/s1. The van der Waals surface area contributed by atoms with Crippen molar-refractivity contribution in [1.29, 1.82) is 0 Å². The van der Waals surface area contributed by atoms with Crippen LogP contribution in [-0.2, 0) is 4.74 Å². The molecule has 1 aliphatic rings. The van der Waals surface area contributed by atoms with Gasteiger partial charge in [-0.2, -0.15) is 0 Å². The highest BCUT2D eigenvalue weighted by Crippen LogP contribution is 2.33. The number of likely N-dealkylation sites (tertiary alicyclic amines) is 1. The maximum Gasteiger partial charge on any atom is 0.410 e. The number of carbonyl (C=O) groups excluding carboxylic acids is 1. The molecule has 1 heterocycles. The molecular weight excluding hydrogens is 225 g/mol. The van der Waals surface area contributed by atoms with Gasteiger partial charge in [0.05, 0.1) is 13.2 Å². The van der Waals surface area contributed by atoms with Crippen LogP contribution in [0.5, 0.6) is 0 Å². The Morgan fingerprint density at radius 1 is 1.59 bits per heavy atom. The van der Waals surface area contributed by atoms with E-state index in [2.05, 4.69) is 0 Å². The van der Waals surface area contributed by atoms with Crippen LogP contribution in [0.2, 0.25) is 0 Å². The molecular formula is C12H22FNO3. The molecule has 0 bridgehead atoms. The van der Waals surface area contributed by atoms with E-state index in [-0.39, 0.29) is 13.2 Å². The first-order chi connectivity index (χ1) is 7.68. The predicted octanol–water partition coefficient (Wildman–Crippen LogP) is 1.96. The number of amides is 1. The molecule has 0 aromatic carbocycles. The van der Waals surface area contributed by atoms with E-state index in [1.807, 2.05) is 0 Å². The maximum atomic E-state index is 13.9. The summed E-state index contributed by atoms with van der Waals surface area (Å²) in [6.07, 6.45) is -1.25. The van der Waals surface area contributed by atoms with E-state index in [0.717, 1.165) is 0 Å². The summed E-state index contributed by atoms with van der Waals surface area (Å²) in [7, 11) is 0. The summed E-state index contributed by atoms with van der Waals surface area (Å²) in [6.45, 7) is 7.25. The highest BCUT2D eigenvalue weighted by molar-refractivity contribution is 5.68. The lowest BCUT2D eigenvalue weighted by atomic mass is 9.80. The van der Waals surface area contributed by atoms with Crippen molar-refractivity contribution in [1.82, 2.24) is 4.90 Å². The van der Waals surface area contributed by atoms with Gasteiger partial charge >= 0.3 is 6.09 Å². The van der Waals surface area contributed by atoms with Crippen LogP contribution in [0.15, 0.2) is 0 Å². The Morgan fingerprint density at radius 2 is 2.18 bits per heavy atom. The largest absolute Gasteiger partial charge is 0.444 e. The molecule has 0 spiro atoms. The molecule has 0 saturated carbocycles. The fourth-order valence-electron chi connectivity index (χ4n) is 1.72. The van der Waals surface area contributed by atoms with Gasteiger partial charge in [0.15, 0.2) is 0 Å². The average molecular weight is 247 g/mol. The molecule has 4 nitrogen and oxygen atoms in total. The number of rotatable bonds is 1. The molecule has 2 atom stereocenters. The maximum absolute atomic E-state index is 13.9. The molecule has 1 fully saturated rings. The molecule has 0 radical (unpaired) electrons. The van der Waals surface area contributed by atoms with Crippen molar-refractivity contribution in [2.75, 3.05) is 19.7 Å². The fourth-order valence-corrected chi connectivity index (χ4v) is 1.72. The van der Waals surface area contributed by atoms with Crippen molar-refractivity contribution in [2.45, 2.75) is 45.9 Å². The van der Waals surface area contributed by atoms with Gasteiger partial charge in [-0.25, -0.2) is 9.18 Å². The third kappa shape index (κ3) is 3.56. The fraction of sp³-hybridized carbons (Fsp3) is 0.917. The second kappa shape index (κ2) is 4.80. The van der Waals surface area contributed by atoms with E-state index in [4.69, 9.17) is 9.84 Å². The van der Waals surface area contributed by atoms with Crippen LogP contribution in [0.25, 0.3) is 0 Å². The van der Waals surface area contributed by atoms with Crippen LogP contribution in [0.3, 0.4) is 0 Å². The van der Waals surface area contributed by atoms with Gasteiger partial charge in [-0.15, -0.1) is 0 Å². The highest BCUT2D eigenvalue weighted by Gasteiger charge is 2.41. The lowest BCUT2D eigenvalue weighted by molar-refractivity contribution is -0.0333. The topological polar surface area (TPSA) is 49.8 Å². The van der Waals surface area contributed by atoms with Crippen LogP contribution in [0.1, 0.15) is 34.1 Å². The first-order valence-electron chi connectivity index (χ1n) is 5.91. The lowest BCUT2D eigenvalue weighted by Crippen LogP contribution is -2.52. The minimum Gasteiger partial charge on any atom is -0.444 e. The van der Waals surface area contributed by atoms with E-state index in [9.17, 15) is 9.18 Å². The van der Waals surface area contributed by atoms with Gasteiger partial charge in [0.1, 0.15) is 11.8 Å². The quantitative estimate of drug-likeness (QED) is 0.770. The van der Waals surface area contributed by atoms with E-state index in [0.29, 0.717) is 13.0 Å². The number of nitrogens with zero attached hydrogens (tertiary/aromatic N) is 1. The molecule has 0 aliphatic carbocycles. The molecule has 1 amide bonds. The van der Waals surface area contributed by atoms with Crippen molar-refractivity contribution in [3.8, 4) is 0 Å². The zero-order chi connectivity index (χ0) is 13.3. The van der Waals surface area contributed by atoms with E-state index >= 15 is 0 Å². The molecule has 0 unspecified atom stereocenters. The van der Waals surface area contributed by atoms with E-state index in [1.54, 1.807) is 27.7 Å². The van der Waals surface area contributed by atoms with Crippen LogP contribution in [-0.4, -0.2) is 47.6 Å². The Hall–Kier alpha value is -0.840. The number of carbonyl (C=O) groups is 1. The number of hydrogen-bond donors (Lipinski definition) is 1. The summed E-state index contributed by atoms with van der Waals surface area (Å²) in [5, 5.41) is 9.16. The Labute approximate surface area is 102 Å². The molecule has 5 heteroatoms. The normalized spacial score (nSPS) is 30.2. The molecule has 0 aromatic heterocycles. The smallest absolute Gasteiger partial charge is 0.410 e. The highest BCUT2D eigenvalue weighted by atomic mass is 19.1. The van der Waals surface area contributed by atoms with Crippen molar-refractivity contribution < 1.29 is 19.0 Å². The van der Waals surface area contributed by atoms with Crippen LogP contribution < -0.4 is 0 Å². The van der Waals surface area contributed by atoms with Crippen LogP contribution >= 0.6 is 0 Å². The summed E-state index contributed by atoms with van der Waals surface area (Å²) >= 11 is 0. The van der Waals surface area contributed by atoms with Crippen molar-refractivity contribution in [3.63, 3.8) is 0 Å². The number of halogens is 1. The van der Waals surface area contributed by atoms with Crippen LogP contribution in [0, 0.1) is 5.41 Å². The molecule has 1 rings (SSSR count). The van der Waals surface area contributed by atoms with E-state index < -0.39 is 23.3 Å². The number of alkyl halides is 1. The summed E-state index contributed by atoms with van der Waals surface area (Å²) < 4.78 is 19.1. The summed E-state index contributed by atoms with van der Waals surface area (Å²) in [4.78, 5) is 13.1. The van der Waals surface area contributed by atoms with Gasteiger partial charge in [-0.1, -0.05) is 6.92 Å². The second-order valence-corrected chi connectivity index (χ2v) is 5.96. The molecule has 17 heavy (non-hydrogen) atoms. The van der Waals surface area contributed by atoms with Gasteiger partial charge in [0, 0.05) is 12.0 Å². The molecule has 0 aromatic rings. The Bertz CT molecular complexity index is 290. The van der Waals surface area contributed by atoms with Crippen LogP contribution in [0.4, 0.5) is 9.18 Å². The molecule has 100 valence electrons. The summed E-state index contributed by atoms with van der Waals surface area (Å²) in [5.41, 5.74) is -1.31. The Morgan fingerprint density at radius 3 is 2.59 bits per heavy atom. The van der Waals surface area contributed by atoms with Crippen molar-refractivity contribution in [2.24, 2.45) is 5.41 Å². The second-order valence-electron chi connectivity index (χ2n) is 5.96. The minimum atomic E-state index is -1.21. The number of ether oxygens (including phenoxy) is 1. The molecule has 1 saturated heterocycles. The number of piperidine rings is 1. The molecule has 1 aliphatic heterocycles. The number of aliphatic hydroxyl groups excluding tert-OH is 1. The van der Waals surface area contributed by atoms with E-state index in [1.165, 1.54) is 4.90 Å². The number of aliphatic hydroxyl groups is 1. The van der Waals surface area contributed by atoms with Gasteiger partial charge < -0.3 is 14.7 Å². The Kier molecular flexibility index (Phi) is 4.02. The van der Waals surface area contributed by atoms with Gasteiger partial charge in [-0.3, -0.25) is 0 Å². The predicted molar refractivity (Wildman–Crippen MR) is 62.5 cm³/mol.